The Bertz CT molecular complexity index is 1470. The first kappa shape index (κ1) is 25.4. The average molecular weight is 527 g/mol. The van der Waals surface area contributed by atoms with E-state index in [2.05, 4.69) is 14.8 Å². The first-order valence-electron chi connectivity index (χ1n) is 14.0. The summed E-state index contributed by atoms with van der Waals surface area (Å²) in [6.07, 6.45) is 11.2. The number of carboxylic acid groups (broad SMARTS) is 1. The summed E-state index contributed by atoms with van der Waals surface area (Å²) in [6, 6.07) is 15.3. The molecule has 1 atom stereocenters. The van der Waals surface area contributed by atoms with Gasteiger partial charge in [0.2, 0.25) is 0 Å². The highest BCUT2D eigenvalue weighted by molar-refractivity contribution is 5.98. The van der Waals surface area contributed by atoms with E-state index >= 15 is 0 Å². The van der Waals surface area contributed by atoms with E-state index in [1.807, 2.05) is 36.4 Å². The SMILES string of the molecule is O=C(NC1CCCN(Cc2ccccc2C(=O)O)C1)c1ccc2c(c1)nc(-c1ccoc1)n2C1CCCCC1. The van der Waals surface area contributed by atoms with Crippen molar-refractivity contribution in [2.45, 2.75) is 63.6 Å². The van der Waals surface area contributed by atoms with Crippen LogP contribution in [0.25, 0.3) is 22.4 Å². The zero-order chi connectivity index (χ0) is 26.8. The van der Waals surface area contributed by atoms with Crippen molar-refractivity contribution in [3.63, 3.8) is 0 Å². The average Bonchev–Trinajstić information content (AvgIpc) is 3.62. The summed E-state index contributed by atoms with van der Waals surface area (Å²) in [7, 11) is 0. The van der Waals surface area contributed by atoms with Crippen molar-refractivity contribution in [3.8, 4) is 11.4 Å². The summed E-state index contributed by atoms with van der Waals surface area (Å²) in [5, 5.41) is 12.7. The number of furan rings is 1. The lowest BCUT2D eigenvalue weighted by molar-refractivity contribution is 0.0694. The Labute approximate surface area is 227 Å². The van der Waals surface area contributed by atoms with Crippen LogP contribution in [0, 0.1) is 0 Å². The van der Waals surface area contributed by atoms with Gasteiger partial charge in [-0.2, -0.15) is 0 Å². The molecule has 2 fully saturated rings. The number of hydrogen-bond donors (Lipinski definition) is 2. The minimum absolute atomic E-state index is 0.000208. The number of rotatable bonds is 7. The van der Waals surface area contributed by atoms with Crippen molar-refractivity contribution in [1.82, 2.24) is 19.8 Å². The van der Waals surface area contributed by atoms with Crippen LogP contribution in [0.4, 0.5) is 0 Å². The third-order valence-corrected chi connectivity index (χ3v) is 8.15. The minimum atomic E-state index is -0.912. The first-order chi connectivity index (χ1) is 19.1. The van der Waals surface area contributed by atoms with E-state index < -0.39 is 5.97 Å². The zero-order valence-corrected chi connectivity index (χ0v) is 22.0. The van der Waals surface area contributed by atoms with Gasteiger partial charge in [-0.15, -0.1) is 0 Å². The van der Waals surface area contributed by atoms with Crippen molar-refractivity contribution >= 4 is 22.9 Å². The Balaban J connectivity index is 1.19. The van der Waals surface area contributed by atoms with Crippen LogP contribution in [0.5, 0.6) is 0 Å². The number of piperidine rings is 1. The number of carbonyl (C=O) groups is 2. The first-order valence-corrected chi connectivity index (χ1v) is 14.0. The molecule has 2 aliphatic rings. The van der Waals surface area contributed by atoms with Gasteiger partial charge in [0.1, 0.15) is 12.1 Å². The van der Waals surface area contributed by atoms with Gasteiger partial charge in [0.05, 0.1) is 28.4 Å². The molecule has 1 saturated carbocycles. The molecule has 39 heavy (non-hydrogen) atoms. The Morgan fingerprint density at radius 2 is 1.87 bits per heavy atom. The van der Waals surface area contributed by atoms with E-state index in [0.717, 1.165) is 60.2 Å². The highest BCUT2D eigenvalue weighted by Gasteiger charge is 2.26. The molecule has 1 aliphatic heterocycles. The molecule has 3 heterocycles. The zero-order valence-electron chi connectivity index (χ0n) is 22.0. The summed E-state index contributed by atoms with van der Waals surface area (Å²) < 4.78 is 7.71. The number of fused-ring (bicyclic) bond motifs is 1. The third kappa shape index (κ3) is 5.34. The van der Waals surface area contributed by atoms with Crippen LogP contribution >= 0.6 is 0 Å². The highest BCUT2D eigenvalue weighted by atomic mass is 16.4. The number of benzene rings is 2. The van der Waals surface area contributed by atoms with Crippen LogP contribution in [-0.2, 0) is 6.54 Å². The Morgan fingerprint density at radius 1 is 1.03 bits per heavy atom. The molecule has 2 aromatic heterocycles. The number of nitrogens with one attached hydrogen (secondary N) is 1. The molecule has 202 valence electrons. The van der Waals surface area contributed by atoms with Gasteiger partial charge < -0.3 is 19.4 Å². The van der Waals surface area contributed by atoms with E-state index in [1.54, 1.807) is 24.7 Å². The fourth-order valence-electron chi connectivity index (χ4n) is 6.24. The van der Waals surface area contributed by atoms with Gasteiger partial charge in [0, 0.05) is 30.7 Å². The van der Waals surface area contributed by atoms with Gasteiger partial charge in [0.25, 0.3) is 5.91 Å². The lowest BCUT2D eigenvalue weighted by atomic mass is 9.95. The Morgan fingerprint density at radius 3 is 2.67 bits per heavy atom. The fraction of sp³-hybridized carbons (Fsp3) is 0.387. The third-order valence-electron chi connectivity index (χ3n) is 8.15. The molecule has 0 bridgehead atoms. The predicted octanol–water partition coefficient (Wildman–Crippen LogP) is 5.89. The van der Waals surface area contributed by atoms with Gasteiger partial charge in [-0.1, -0.05) is 37.5 Å². The maximum absolute atomic E-state index is 13.3. The molecule has 2 N–H and O–H groups in total. The topological polar surface area (TPSA) is 101 Å². The van der Waals surface area contributed by atoms with Crippen LogP contribution in [0.3, 0.4) is 0 Å². The summed E-state index contributed by atoms with van der Waals surface area (Å²) in [5.74, 6) is -0.121. The maximum atomic E-state index is 13.3. The number of imidazole rings is 1. The van der Waals surface area contributed by atoms with Crippen LogP contribution < -0.4 is 5.32 Å². The molecule has 8 heteroatoms. The summed E-state index contributed by atoms with van der Waals surface area (Å²) in [4.78, 5) is 32.1. The molecule has 1 unspecified atom stereocenters. The van der Waals surface area contributed by atoms with Gasteiger partial charge in [-0.3, -0.25) is 9.69 Å². The van der Waals surface area contributed by atoms with Crippen LogP contribution in [0.15, 0.2) is 65.5 Å². The summed E-state index contributed by atoms with van der Waals surface area (Å²) in [5.41, 5.74) is 4.55. The highest BCUT2D eigenvalue weighted by Crippen LogP contribution is 2.36. The second-order valence-corrected chi connectivity index (χ2v) is 10.8. The van der Waals surface area contributed by atoms with E-state index in [9.17, 15) is 14.7 Å². The smallest absolute Gasteiger partial charge is 0.336 e. The number of amides is 1. The lowest BCUT2D eigenvalue weighted by Gasteiger charge is -2.33. The number of nitrogens with zero attached hydrogens (tertiary/aromatic N) is 3. The van der Waals surface area contributed by atoms with Crippen molar-refractivity contribution < 1.29 is 19.1 Å². The van der Waals surface area contributed by atoms with Crippen molar-refractivity contribution in [2.24, 2.45) is 0 Å². The van der Waals surface area contributed by atoms with Gasteiger partial charge in [-0.25, -0.2) is 9.78 Å². The van der Waals surface area contributed by atoms with Crippen LogP contribution in [-0.4, -0.2) is 50.6 Å². The second kappa shape index (κ2) is 11.1. The second-order valence-electron chi connectivity index (χ2n) is 10.8. The van der Waals surface area contributed by atoms with Crippen LogP contribution in [0.1, 0.15) is 77.3 Å². The molecular weight excluding hydrogens is 492 g/mol. The standard InChI is InChI=1S/C31H34N4O4/c36-30(32-24-8-6-15-34(19-24)18-22-7-4-5-11-26(22)31(37)38)21-12-13-28-27(17-21)33-29(23-14-16-39-20-23)35(28)25-9-2-1-3-10-25/h4-5,7,11-14,16-17,20,24-25H,1-3,6,8-10,15,18-19H2,(H,32,36)(H,37,38). The van der Waals surface area contributed by atoms with E-state index in [1.165, 1.54) is 19.3 Å². The van der Waals surface area contributed by atoms with Gasteiger partial charge in [0.15, 0.2) is 0 Å². The van der Waals surface area contributed by atoms with E-state index in [4.69, 9.17) is 9.40 Å². The number of carbonyl (C=O) groups excluding carboxylic acids is 1. The Kier molecular flexibility index (Phi) is 7.20. The molecule has 1 saturated heterocycles. The Hall–Kier alpha value is -3.91. The van der Waals surface area contributed by atoms with Crippen molar-refractivity contribution in [1.29, 1.82) is 0 Å². The molecule has 1 aliphatic carbocycles. The summed E-state index contributed by atoms with van der Waals surface area (Å²) in [6.45, 7) is 2.11. The number of aromatic nitrogens is 2. The largest absolute Gasteiger partial charge is 0.478 e. The van der Waals surface area contributed by atoms with Gasteiger partial charge in [-0.05, 0) is 68.1 Å². The molecule has 0 spiro atoms. The van der Waals surface area contributed by atoms with E-state index in [-0.39, 0.29) is 11.9 Å². The van der Waals surface area contributed by atoms with Crippen molar-refractivity contribution in [2.75, 3.05) is 13.1 Å². The molecule has 2 aromatic carbocycles. The molecule has 6 rings (SSSR count). The minimum Gasteiger partial charge on any atom is -0.478 e. The number of hydrogen-bond acceptors (Lipinski definition) is 5. The molecule has 1 amide bonds. The molecular formula is C31H34N4O4. The molecule has 8 nitrogen and oxygen atoms in total. The fourth-order valence-corrected chi connectivity index (χ4v) is 6.24. The quantitative estimate of drug-likeness (QED) is 0.311. The number of likely N-dealkylation sites (tertiary alicyclic amines) is 1. The maximum Gasteiger partial charge on any atom is 0.336 e. The number of aromatic carboxylic acids is 1. The molecule has 4 aromatic rings. The van der Waals surface area contributed by atoms with E-state index in [0.29, 0.717) is 30.3 Å². The predicted molar refractivity (Wildman–Crippen MR) is 149 cm³/mol. The van der Waals surface area contributed by atoms with Crippen LogP contribution in [0.2, 0.25) is 0 Å². The normalized spacial score (nSPS) is 18.8. The van der Waals surface area contributed by atoms with Crippen molar-refractivity contribution in [3.05, 3.63) is 77.7 Å². The number of carboxylic acids is 1. The molecule has 0 radical (unpaired) electrons. The monoisotopic (exact) mass is 526 g/mol. The lowest BCUT2D eigenvalue weighted by Crippen LogP contribution is -2.47. The van der Waals surface area contributed by atoms with Gasteiger partial charge >= 0.3 is 5.97 Å². The summed E-state index contributed by atoms with van der Waals surface area (Å²) >= 11 is 0.